The van der Waals surface area contributed by atoms with E-state index in [1.807, 2.05) is 97.1 Å². The van der Waals surface area contributed by atoms with Crippen LogP contribution in [0.3, 0.4) is 0 Å². The molecule has 0 heterocycles. The number of carbonyl (C=O) groups is 4. The zero-order valence-corrected chi connectivity index (χ0v) is 25.4. The molecule has 0 spiro atoms. The van der Waals surface area contributed by atoms with Gasteiger partial charge in [0.25, 0.3) is 0 Å². The van der Waals surface area contributed by atoms with Crippen LogP contribution in [0.25, 0.3) is 0 Å². The summed E-state index contributed by atoms with van der Waals surface area (Å²) in [4.78, 5) is 54.5. The van der Waals surface area contributed by atoms with E-state index in [-0.39, 0.29) is 18.5 Å². The van der Waals surface area contributed by atoms with Crippen LogP contribution < -0.4 is 21.2 Å². The first-order chi connectivity index (χ1) is 21.4. The number of hydrogen-bond acceptors (Lipinski definition) is 7. The summed E-state index contributed by atoms with van der Waals surface area (Å²) in [5.41, 5.74) is 0.736. The number of methoxy groups -OCH3 is 1. The molecule has 44 heavy (non-hydrogen) atoms. The van der Waals surface area contributed by atoms with Crippen molar-refractivity contribution in [3.05, 3.63) is 127 Å². The highest BCUT2D eigenvalue weighted by molar-refractivity contribution is 7.97. The standard InChI is InChI=1S/C35H34NO7P/c1-3-42-34(39)33(32(38)30(24-31(37)41-2)36-35(40)43-25-26-16-8-4-9-17-26)44(27-18-10-5-11-19-27,28-20-12-6-13-21-28)29-22-14-7-15-23-29/h4-23,30H,3,24-25H2,1-2H3,(H,36,40)/t30-/m0/s1. The molecule has 0 aromatic heterocycles. The van der Waals surface area contributed by atoms with Gasteiger partial charge in [-0.15, -0.1) is 0 Å². The lowest BCUT2D eigenvalue weighted by Gasteiger charge is -2.32. The van der Waals surface area contributed by atoms with E-state index in [1.54, 1.807) is 31.2 Å². The van der Waals surface area contributed by atoms with Gasteiger partial charge in [0.2, 0.25) is 0 Å². The van der Waals surface area contributed by atoms with Gasteiger partial charge in [-0.25, -0.2) is 9.59 Å². The number of benzene rings is 4. The van der Waals surface area contributed by atoms with Crippen molar-refractivity contribution in [3.63, 3.8) is 0 Å². The van der Waals surface area contributed by atoms with Gasteiger partial charge in [-0.2, -0.15) is 0 Å². The van der Waals surface area contributed by atoms with Crippen molar-refractivity contribution >= 4 is 51.9 Å². The van der Waals surface area contributed by atoms with E-state index in [9.17, 15) is 19.2 Å². The number of nitrogens with one attached hydrogen (secondary N) is 1. The third kappa shape index (κ3) is 7.33. The molecule has 4 rings (SSSR count). The molecule has 0 bridgehead atoms. The van der Waals surface area contributed by atoms with Gasteiger partial charge in [0, 0.05) is 0 Å². The number of amides is 1. The highest BCUT2D eigenvalue weighted by Crippen LogP contribution is 2.47. The fourth-order valence-electron chi connectivity index (χ4n) is 4.92. The Hall–Kier alpha value is -4.94. The fourth-order valence-corrected chi connectivity index (χ4v) is 9.27. The van der Waals surface area contributed by atoms with Gasteiger partial charge in [0.05, 0.1) is 20.1 Å². The molecule has 1 amide bonds. The topological polar surface area (TPSA) is 108 Å². The van der Waals surface area contributed by atoms with Crippen LogP contribution in [0.5, 0.6) is 0 Å². The van der Waals surface area contributed by atoms with Gasteiger partial charge in [-0.05, 0) is 35.3 Å². The summed E-state index contributed by atoms with van der Waals surface area (Å²) in [6.45, 7) is -1.68. The maximum absolute atomic E-state index is 14.8. The van der Waals surface area contributed by atoms with Crippen molar-refractivity contribution in [2.24, 2.45) is 0 Å². The molecule has 0 unspecified atom stereocenters. The quantitative estimate of drug-likeness (QED) is 0.111. The number of Topliss-reactive ketones (excluding diaryl/α,β-unsaturated/α-hetero) is 1. The second kappa shape index (κ2) is 15.5. The van der Waals surface area contributed by atoms with Gasteiger partial charge < -0.3 is 19.5 Å². The predicted molar refractivity (Wildman–Crippen MR) is 172 cm³/mol. The molecular weight excluding hydrogens is 577 g/mol. The van der Waals surface area contributed by atoms with Crippen LogP contribution in [0.15, 0.2) is 121 Å². The summed E-state index contributed by atoms with van der Waals surface area (Å²) < 4.78 is 15.8. The third-order valence-electron chi connectivity index (χ3n) is 6.89. The third-order valence-corrected chi connectivity index (χ3v) is 11.2. The first-order valence-corrected chi connectivity index (χ1v) is 15.9. The maximum Gasteiger partial charge on any atom is 0.408 e. The van der Waals surface area contributed by atoms with E-state index >= 15 is 0 Å². The lowest BCUT2D eigenvalue weighted by Crippen LogP contribution is -2.49. The molecule has 0 aliphatic heterocycles. The molecule has 9 heteroatoms. The number of hydrogen-bond donors (Lipinski definition) is 1. The Bertz CT molecular complexity index is 1520. The zero-order valence-electron chi connectivity index (χ0n) is 24.6. The number of rotatable bonds is 12. The van der Waals surface area contributed by atoms with E-state index in [0.29, 0.717) is 0 Å². The zero-order chi connectivity index (χ0) is 31.4. The second-order valence-corrected chi connectivity index (χ2v) is 13.0. The molecule has 1 atom stereocenters. The Kier molecular flexibility index (Phi) is 11.3. The van der Waals surface area contributed by atoms with E-state index in [4.69, 9.17) is 14.2 Å². The van der Waals surface area contributed by atoms with Crippen LogP contribution in [-0.4, -0.2) is 48.9 Å². The lowest BCUT2D eigenvalue weighted by atomic mass is 10.1. The van der Waals surface area contributed by atoms with Gasteiger partial charge in [-0.3, -0.25) is 9.59 Å². The molecular formula is C35H34NO7P. The Balaban J connectivity index is 1.98. The minimum absolute atomic E-state index is 0.00218. The normalized spacial score (nSPS) is 11.5. The first-order valence-electron chi connectivity index (χ1n) is 14.1. The van der Waals surface area contributed by atoms with E-state index in [2.05, 4.69) is 5.32 Å². The molecule has 4 aromatic rings. The molecule has 0 saturated carbocycles. The number of ketones is 1. The molecule has 0 aliphatic rings. The number of esters is 2. The van der Waals surface area contributed by atoms with Crippen molar-refractivity contribution < 1.29 is 33.4 Å². The van der Waals surface area contributed by atoms with Crippen LogP contribution in [0.4, 0.5) is 4.79 Å². The molecule has 4 aromatic carbocycles. The molecule has 0 aliphatic carbocycles. The van der Waals surface area contributed by atoms with Crippen molar-refractivity contribution in [1.29, 1.82) is 0 Å². The van der Waals surface area contributed by atoms with E-state index in [0.717, 1.165) is 21.5 Å². The monoisotopic (exact) mass is 611 g/mol. The highest BCUT2D eigenvalue weighted by atomic mass is 31.2. The number of carbonyl (C=O) groups excluding carboxylic acids is 4. The minimum Gasteiger partial charge on any atom is -0.469 e. The van der Waals surface area contributed by atoms with Gasteiger partial charge in [0.1, 0.15) is 17.9 Å². The van der Waals surface area contributed by atoms with Crippen LogP contribution >= 0.6 is 6.89 Å². The summed E-state index contributed by atoms with van der Waals surface area (Å²) in [6.07, 6.45) is -1.46. The smallest absolute Gasteiger partial charge is 0.408 e. The summed E-state index contributed by atoms with van der Waals surface area (Å²) in [5.74, 6) is -2.36. The highest BCUT2D eigenvalue weighted by Gasteiger charge is 2.41. The maximum atomic E-state index is 14.8. The summed E-state index contributed by atoms with van der Waals surface area (Å²) in [5, 5.41) is 4.53. The van der Waals surface area contributed by atoms with E-state index in [1.165, 1.54) is 7.11 Å². The average molecular weight is 612 g/mol. The molecule has 8 nitrogen and oxygen atoms in total. The van der Waals surface area contributed by atoms with Gasteiger partial charge in [-0.1, -0.05) is 121 Å². The van der Waals surface area contributed by atoms with Crippen molar-refractivity contribution in [3.8, 4) is 0 Å². The molecule has 1 N–H and O–H groups in total. The summed E-state index contributed by atoms with van der Waals surface area (Å²) in [7, 11) is 1.18. The SMILES string of the molecule is CCOC(=O)C(C(=O)[C@H](CC(=O)OC)NC(=O)OCc1ccccc1)=P(c1ccccc1)(c1ccccc1)c1ccccc1. The van der Waals surface area contributed by atoms with Crippen LogP contribution in [0, 0.1) is 0 Å². The molecule has 0 fully saturated rings. The summed E-state index contributed by atoms with van der Waals surface area (Å²) >= 11 is 0. The Labute approximate surface area is 256 Å². The molecule has 0 saturated heterocycles. The van der Waals surface area contributed by atoms with Gasteiger partial charge in [0.15, 0.2) is 5.78 Å². The van der Waals surface area contributed by atoms with E-state index < -0.39 is 43.2 Å². The Morgan fingerprint density at radius 2 is 1.14 bits per heavy atom. The number of ether oxygens (including phenoxy) is 3. The average Bonchev–Trinajstić information content (AvgIpc) is 3.07. The van der Waals surface area contributed by atoms with Crippen molar-refractivity contribution in [2.45, 2.75) is 26.0 Å². The Morgan fingerprint density at radius 1 is 0.682 bits per heavy atom. The van der Waals surface area contributed by atoms with Crippen molar-refractivity contribution in [2.75, 3.05) is 13.7 Å². The number of alkyl carbamates (subject to hydrolysis) is 1. The van der Waals surface area contributed by atoms with Crippen LogP contribution in [0.2, 0.25) is 0 Å². The van der Waals surface area contributed by atoms with Crippen LogP contribution in [-0.2, 0) is 35.2 Å². The first kappa shape index (κ1) is 32.0. The molecule has 226 valence electrons. The Morgan fingerprint density at radius 3 is 1.57 bits per heavy atom. The lowest BCUT2D eigenvalue weighted by molar-refractivity contribution is -0.142. The second-order valence-electron chi connectivity index (χ2n) is 9.65. The minimum atomic E-state index is -3.27. The van der Waals surface area contributed by atoms with Gasteiger partial charge >= 0.3 is 18.0 Å². The fraction of sp³-hybridized carbons (Fsp3) is 0.171. The largest absolute Gasteiger partial charge is 0.469 e. The van der Waals surface area contributed by atoms with Crippen LogP contribution in [0.1, 0.15) is 18.9 Å². The molecule has 0 radical (unpaired) electrons. The summed E-state index contributed by atoms with van der Waals surface area (Å²) in [6, 6.07) is 35.4. The predicted octanol–water partition coefficient (Wildman–Crippen LogP) is 4.14. The van der Waals surface area contributed by atoms with Crippen molar-refractivity contribution in [1.82, 2.24) is 5.32 Å².